The van der Waals surface area contributed by atoms with E-state index in [0.29, 0.717) is 22.8 Å². The van der Waals surface area contributed by atoms with Crippen molar-refractivity contribution in [1.82, 2.24) is 9.47 Å². The molecule has 4 heterocycles. The van der Waals surface area contributed by atoms with Crippen molar-refractivity contribution in [3.8, 4) is 17.2 Å². The number of hydrogen-bond acceptors (Lipinski definition) is 5. The van der Waals surface area contributed by atoms with E-state index in [1.807, 2.05) is 54.7 Å². The minimum absolute atomic E-state index is 0.0375. The van der Waals surface area contributed by atoms with E-state index in [-0.39, 0.29) is 31.2 Å². The molecule has 0 N–H and O–H groups in total. The smallest absolute Gasteiger partial charge is 0.254 e. The Morgan fingerprint density at radius 1 is 0.917 bits per heavy atom. The second kappa shape index (κ2) is 8.05. The van der Waals surface area contributed by atoms with Crippen molar-refractivity contribution in [2.75, 3.05) is 18.2 Å². The van der Waals surface area contributed by atoms with Crippen molar-refractivity contribution in [1.29, 1.82) is 0 Å². The molecule has 1 fully saturated rings. The van der Waals surface area contributed by atoms with Gasteiger partial charge in [-0.15, -0.1) is 0 Å². The minimum atomic E-state index is -0.445. The first-order chi connectivity index (χ1) is 17.7. The number of rotatable bonds is 5. The Balaban J connectivity index is 1.25. The molecule has 4 aromatic rings. The molecule has 8 heteroatoms. The lowest BCUT2D eigenvalue weighted by Gasteiger charge is -2.38. The molecule has 1 atom stereocenters. The van der Waals surface area contributed by atoms with Crippen LogP contribution in [0.15, 0.2) is 83.6 Å². The van der Waals surface area contributed by atoms with Crippen LogP contribution in [0.25, 0.3) is 5.69 Å². The first-order valence-corrected chi connectivity index (χ1v) is 12.0. The van der Waals surface area contributed by atoms with Crippen molar-refractivity contribution in [2.24, 2.45) is 0 Å². The molecule has 8 nitrogen and oxygen atoms in total. The topological polar surface area (TPSA) is 77.2 Å². The Morgan fingerprint density at radius 3 is 2.56 bits per heavy atom. The molecule has 0 spiro atoms. The molecular weight excluding hydrogens is 458 g/mol. The molecule has 180 valence electrons. The monoisotopic (exact) mass is 481 g/mol. The maximum absolute atomic E-state index is 14.1. The van der Waals surface area contributed by atoms with Gasteiger partial charge in [0.05, 0.1) is 23.3 Å². The number of hydrogen-bond donors (Lipinski definition) is 0. The highest BCUT2D eigenvalue weighted by molar-refractivity contribution is 6.03. The largest absolute Gasteiger partial charge is 0.467 e. The minimum Gasteiger partial charge on any atom is -0.467 e. The highest BCUT2D eigenvalue weighted by Gasteiger charge is 2.41. The molecule has 1 saturated carbocycles. The van der Waals surface area contributed by atoms with Gasteiger partial charge in [0.1, 0.15) is 18.3 Å². The molecule has 0 saturated heterocycles. The summed E-state index contributed by atoms with van der Waals surface area (Å²) < 4.78 is 18.7. The summed E-state index contributed by atoms with van der Waals surface area (Å²) >= 11 is 0. The summed E-state index contributed by atoms with van der Waals surface area (Å²) in [5.74, 6) is 1.48. The highest BCUT2D eigenvalue weighted by atomic mass is 16.7. The first-order valence-electron chi connectivity index (χ1n) is 12.0. The number of furan rings is 1. The third kappa shape index (κ3) is 3.29. The van der Waals surface area contributed by atoms with Gasteiger partial charge in [0.25, 0.3) is 5.91 Å². The van der Waals surface area contributed by atoms with Crippen LogP contribution in [0.3, 0.4) is 0 Å². The third-order valence-electron chi connectivity index (χ3n) is 6.97. The summed E-state index contributed by atoms with van der Waals surface area (Å²) in [5, 5.41) is 0. The number of fused-ring (bicyclic) bond motifs is 4. The normalized spacial score (nSPS) is 17.4. The van der Waals surface area contributed by atoms with Gasteiger partial charge < -0.3 is 23.4 Å². The van der Waals surface area contributed by atoms with Crippen LogP contribution in [-0.4, -0.2) is 40.7 Å². The van der Waals surface area contributed by atoms with E-state index >= 15 is 0 Å². The van der Waals surface area contributed by atoms with Gasteiger partial charge in [-0.25, -0.2) is 0 Å². The Kier molecular flexibility index (Phi) is 4.67. The number of amides is 2. The second-order valence-corrected chi connectivity index (χ2v) is 9.21. The number of carbonyl (C=O) groups is 2. The van der Waals surface area contributed by atoms with Gasteiger partial charge in [0.15, 0.2) is 11.5 Å². The standard InChI is InChI=1S/C28H23N3O5/c32-26(16-30(19-10-11-19)28(33)18-9-12-23-25(15-18)36-17-35-23)31-21-6-2-1-5-20(21)29-13-3-7-22(29)27(31)24-8-4-14-34-24/h1-9,12-15,19,27H,10-11,16-17H2/t27-/m1/s1. The summed E-state index contributed by atoms with van der Waals surface area (Å²) in [5.41, 5.74) is 3.10. The predicted octanol–water partition coefficient (Wildman–Crippen LogP) is 4.54. The molecule has 2 aromatic carbocycles. The molecule has 2 amide bonds. The first kappa shape index (κ1) is 20.9. The molecule has 0 unspecified atom stereocenters. The van der Waals surface area contributed by atoms with Crippen molar-refractivity contribution in [3.63, 3.8) is 0 Å². The van der Waals surface area contributed by atoms with Crippen LogP contribution in [0.4, 0.5) is 5.69 Å². The number of ether oxygens (including phenoxy) is 2. The summed E-state index contributed by atoms with van der Waals surface area (Å²) in [6.07, 6.45) is 5.37. The van der Waals surface area contributed by atoms with Gasteiger partial charge in [-0.3, -0.25) is 14.5 Å². The van der Waals surface area contributed by atoms with E-state index < -0.39 is 6.04 Å². The van der Waals surface area contributed by atoms with Crippen LogP contribution in [-0.2, 0) is 4.79 Å². The molecule has 2 aromatic heterocycles. The zero-order chi connectivity index (χ0) is 24.2. The molecule has 36 heavy (non-hydrogen) atoms. The van der Waals surface area contributed by atoms with Gasteiger partial charge in [0.2, 0.25) is 12.7 Å². The Labute approximate surface area is 207 Å². The van der Waals surface area contributed by atoms with E-state index in [9.17, 15) is 9.59 Å². The lowest BCUT2D eigenvalue weighted by Crippen LogP contribution is -2.47. The van der Waals surface area contributed by atoms with Crippen LogP contribution < -0.4 is 14.4 Å². The summed E-state index contributed by atoms with van der Waals surface area (Å²) in [6.45, 7) is 0.103. The lowest BCUT2D eigenvalue weighted by atomic mass is 10.0. The number of benzene rings is 2. The maximum atomic E-state index is 14.1. The fraction of sp³-hybridized carbons (Fsp3) is 0.214. The van der Waals surface area contributed by atoms with Crippen molar-refractivity contribution < 1.29 is 23.5 Å². The summed E-state index contributed by atoms with van der Waals surface area (Å²) in [7, 11) is 0. The van der Waals surface area contributed by atoms with E-state index in [4.69, 9.17) is 13.9 Å². The molecule has 1 aliphatic carbocycles. The van der Waals surface area contributed by atoms with Crippen molar-refractivity contribution in [3.05, 3.63) is 96.2 Å². The second-order valence-electron chi connectivity index (χ2n) is 9.21. The highest BCUT2D eigenvalue weighted by Crippen LogP contribution is 2.43. The SMILES string of the molecule is O=C(c1ccc2c(c1)OCO2)N(CC(=O)N1c2ccccc2-n2cccc2[C@@H]1c1ccco1)C1CC1. The summed E-state index contributed by atoms with van der Waals surface area (Å²) in [4.78, 5) is 31.2. The van der Waals surface area contributed by atoms with E-state index in [2.05, 4.69) is 4.57 Å². The zero-order valence-electron chi connectivity index (χ0n) is 19.4. The Hall–Kier alpha value is -4.46. The van der Waals surface area contributed by atoms with Crippen LogP contribution in [0.1, 0.15) is 40.7 Å². The van der Waals surface area contributed by atoms with Crippen LogP contribution in [0.2, 0.25) is 0 Å². The predicted molar refractivity (Wildman–Crippen MR) is 130 cm³/mol. The van der Waals surface area contributed by atoms with Crippen molar-refractivity contribution >= 4 is 17.5 Å². The van der Waals surface area contributed by atoms with Crippen LogP contribution in [0, 0.1) is 0 Å². The molecule has 3 aliphatic rings. The van der Waals surface area contributed by atoms with E-state index in [1.165, 1.54) is 0 Å². The number of para-hydroxylation sites is 2. The molecular formula is C28H23N3O5. The fourth-order valence-electron chi connectivity index (χ4n) is 5.15. The fourth-order valence-corrected chi connectivity index (χ4v) is 5.15. The van der Waals surface area contributed by atoms with Crippen LogP contribution >= 0.6 is 0 Å². The average Bonchev–Trinajstić information content (AvgIpc) is 3.30. The average molecular weight is 482 g/mol. The van der Waals surface area contributed by atoms with Crippen LogP contribution in [0.5, 0.6) is 11.5 Å². The van der Waals surface area contributed by atoms with Gasteiger partial charge in [0, 0.05) is 17.8 Å². The number of nitrogens with zero attached hydrogens (tertiary/aromatic N) is 3. The number of aromatic nitrogens is 1. The molecule has 0 bridgehead atoms. The number of anilines is 1. The van der Waals surface area contributed by atoms with Gasteiger partial charge in [-0.1, -0.05) is 12.1 Å². The molecule has 2 aliphatic heterocycles. The Bertz CT molecular complexity index is 1470. The van der Waals surface area contributed by atoms with E-state index in [1.54, 1.807) is 34.3 Å². The zero-order valence-corrected chi connectivity index (χ0v) is 19.4. The number of carbonyl (C=O) groups excluding carboxylic acids is 2. The van der Waals surface area contributed by atoms with Gasteiger partial charge in [-0.05, 0) is 67.4 Å². The van der Waals surface area contributed by atoms with Gasteiger partial charge >= 0.3 is 0 Å². The quantitative estimate of drug-likeness (QED) is 0.418. The molecule has 7 rings (SSSR count). The third-order valence-corrected chi connectivity index (χ3v) is 6.97. The van der Waals surface area contributed by atoms with Gasteiger partial charge in [-0.2, -0.15) is 0 Å². The lowest BCUT2D eigenvalue weighted by molar-refractivity contribution is -0.120. The van der Waals surface area contributed by atoms with E-state index in [0.717, 1.165) is 29.9 Å². The molecule has 0 radical (unpaired) electrons. The maximum Gasteiger partial charge on any atom is 0.254 e. The summed E-state index contributed by atoms with van der Waals surface area (Å²) in [6, 6.07) is 20.2. The van der Waals surface area contributed by atoms with Crippen molar-refractivity contribution in [2.45, 2.75) is 24.9 Å². The Morgan fingerprint density at radius 2 is 1.75 bits per heavy atom.